The number of fused-ring (bicyclic) bond motifs is 3. The fourth-order valence-corrected chi connectivity index (χ4v) is 8.12. The van der Waals surface area contributed by atoms with Crippen LogP contribution in [0.4, 0.5) is 11.5 Å². The standard InChI is InChI=1S/C43H48N4O5/c1-42(2,3)52-37(49)23-18-29-16-20-33(21-17-29)44-41(51)43(24-10-11-25-43)45-39(50)32-19-22-34-35(26-32)46-28-36(48)47(27-30-12-6-4-7-13-30)40(46)38(34)31-14-8-5-9-15-31/h4,6-7,12-13,16-23,26,31H,5,8-11,14-15,24-25,27-28H2,1-3H3,(H,44,51)(H,45,50). The van der Waals surface area contributed by atoms with Crippen molar-refractivity contribution in [1.29, 1.82) is 0 Å². The molecule has 0 saturated heterocycles. The number of nitrogens with zero attached hydrogens (tertiary/aromatic N) is 2. The van der Waals surface area contributed by atoms with Gasteiger partial charge < -0.3 is 19.9 Å². The van der Waals surface area contributed by atoms with Crippen LogP contribution >= 0.6 is 0 Å². The van der Waals surface area contributed by atoms with Gasteiger partial charge in [-0.25, -0.2) is 4.79 Å². The molecule has 2 fully saturated rings. The number of carbonyl (C=O) groups is 4. The number of amides is 3. The highest BCUT2D eigenvalue weighted by molar-refractivity contribution is 6.08. The average molecular weight is 701 g/mol. The van der Waals surface area contributed by atoms with Crippen LogP contribution in [-0.2, 0) is 32.2 Å². The molecule has 0 unspecified atom stereocenters. The van der Waals surface area contributed by atoms with Crippen LogP contribution in [0.2, 0.25) is 0 Å². The number of hydrogen-bond acceptors (Lipinski definition) is 5. The number of rotatable bonds is 9. The Morgan fingerprint density at radius 3 is 2.31 bits per heavy atom. The molecule has 0 radical (unpaired) electrons. The molecule has 3 amide bonds. The first-order valence-electron chi connectivity index (χ1n) is 18.7. The van der Waals surface area contributed by atoms with Gasteiger partial charge in [-0.2, -0.15) is 0 Å². The van der Waals surface area contributed by atoms with Gasteiger partial charge in [-0.15, -0.1) is 0 Å². The molecule has 3 aliphatic rings. The van der Waals surface area contributed by atoms with Gasteiger partial charge in [-0.05, 0) is 93.8 Å². The Labute approximate surface area is 305 Å². The van der Waals surface area contributed by atoms with Crippen molar-refractivity contribution in [3.8, 4) is 0 Å². The third kappa shape index (κ3) is 7.40. The first-order valence-corrected chi connectivity index (χ1v) is 18.7. The van der Waals surface area contributed by atoms with Crippen LogP contribution in [0, 0.1) is 0 Å². The Hall–Kier alpha value is -5.18. The van der Waals surface area contributed by atoms with E-state index >= 15 is 0 Å². The van der Waals surface area contributed by atoms with Gasteiger partial charge in [0.15, 0.2) is 0 Å². The van der Waals surface area contributed by atoms with Gasteiger partial charge in [0.25, 0.3) is 5.91 Å². The largest absolute Gasteiger partial charge is 0.457 e. The van der Waals surface area contributed by atoms with Gasteiger partial charge in [0.2, 0.25) is 11.8 Å². The van der Waals surface area contributed by atoms with Gasteiger partial charge in [0, 0.05) is 28.3 Å². The summed E-state index contributed by atoms with van der Waals surface area (Å²) in [6, 6.07) is 23.1. The van der Waals surface area contributed by atoms with E-state index in [2.05, 4.69) is 27.3 Å². The number of ether oxygens (including phenoxy) is 1. The average Bonchev–Trinajstić information content (AvgIpc) is 3.82. The molecule has 0 atom stereocenters. The first-order chi connectivity index (χ1) is 25.0. The minimum absolute atomic E-state index is 0.0568. The number of esters is 1. The second-order valence-corrected chi connectivity index (χ2v) is 15.5. The molecular formula is C43H48N4O5. The number of benzene rings is 3. The predicted molar refractivity (Wildman–Crippen MR) is 204 cm³/mol. The lowest BCUT2D eigenvalue weighted by molar-refractivity contribution is -0.148. The second-order valence-electron chi connectivity index (χ2n) is 15.5. The van der Waals surface area contributed by atoms with Crippen molar-refractivity contribution in [2.45, 2.75) is 109 Å². The van der Waals surface area contributed by atoms with E-state index in [4.69, 9.17) is 4.74 Å². The van der Waals surface area contributed by atoms with Crippen LogP contribution in [0.25, 0.3) is 17.0 Å². The molecule has 1 aromatic heterocycles. The Morgan fingerprint density at radius 2 is 1.62 bits per heavy atom. The summed E-state index contributed by atoms with van der Waals surface area (Å²) in [5.41, 5.74) is 3.44. The van der Waals surface area contributed by atoms with Crippen LogP contribution in [-0.4, -0.2) is 39.4 Å². The van der Waals surface area contributed by atoms with Crippen LogP contribution < -0.4 is 15.5 Å². The summed E-state index contributed by atoms with van der Waals surface area (Å²) < 4.78 is 7.43. The number of nitrogens with one attached hydrogen (secondary N) is 2. The van der Waals surface area contributed by atoms with Crippen molar-refractivity contribution < 1.29 is 23.9 Å². The zero-order chi connectivity index (χ0) is 36.5. The molecule has 3 aromatic carbocycles. The molecule has 9 heteroatoms. The number of aromatic nitrogens is 1. The monoisotopic (exact) mass is 700 g/mol. The smallest absolute Gasteiger partial charge is 0.331 e. The lowest BCUT2D eigenvalue weighted by atomic mass is 9.83. The molecule has 0 bridgehead atoms. The molecule has 2 N–H and O–H groups in total. The molecule has 4 aromatic rings. The minimum atomic E-state index is -1.04. The SMILES string of the molecule is CC(C)(C)OC(=O)C=Cc1ccc(NC(=O)C2(NC(=O)c3ccc4c(C5CCCCC5)c5n(c4c3)CC(=O)N5Cc3ccccc3)CCCC2)cc1. The molecule has 52 heavy (non-hydrogen) atoms. The molecule has 0 spiro atoms. The lowest BCUT2D eigenvalue weighted by Gasteiger charge is -2.29. The van der Waals surface area contributed by atoms with Crippen molar-refractivity contribution in [2.24, 2.45) is 0 Å². The number of carbonyl (C=O) groups excluding carboxylic acids is 4. The normalized spacial score (nSPS) is 17.4. The van der Waals surface area contributed by atoms with Gasteiger partial charge in [0.05, 0.1) is 12.1 Å². The maximum atomic E-state index is 14.0. The summed E-state index contributed by atoms with van der Waals surface area (Å²) in [7, 11) is 0. The molecule has 7 rings (SSSR count). The fraction of sp³-hybridized carbons (Fsp3) is 0.395. The molecule has 2 heterocycles. The predicted octanol–water partition coefficient (Wildman–Crippen LogP) is 8.27. The van der Waals surface area contributed by atoms with E-state index in [9.17, 15) is 19.2 Å². The highest BCUT2D eigenvalue weighted by Gasteiger charge is 2.43. The molecule has 2 saturated carbocycles. The van der Waals surface area contributed by atoms with E-state index in [0.29, 0.717) is 36.6 Å². The van der Waals surface area contributed by atoms with E-state index in [1.165, 1.54) is 30.9 Å². The Bertz CT molecular complexity index is 2010. The summed E-state index contributed by atoms with van der Waals surface area (Å²) in [6.07, 6.45) is 11.5. The van der Waals surface area contributed by atoms with Gasteiger partial charge >= 0.3 is 5.97 Å². The molecule has 2 aliphatic carbocycles. The third-order valence-electron chi connectivity index (χ3n) is 10.6. The van der Waals surface area contributed by atoms with Crippen molar-refractivity contribution >= 4 is 52.2 Å². The Balaban J connectivity index is 1.12. The summed E-state index contributed by atoms with van der Waals surface area (Å²) in [6.45, 7) is 6.20. The fourth-order valence-electron chi connectivity index (χ4n) is 8.12. The molecular weight excluding hydrogens is 652 g/mol. The highest BCUT2D eigenvalue weighted by atomic mass is 16.6. The zero-order valence-corrected chi connectivity index (χ0v) is 30.4. The zero-order valence-electron chi connectivity index (χ0n) is 30.4. The lowest BCUT2D eigenvalue weighted by Crippen LogP contribution is -2.55. The quantitative estimate of drug-likeness (QED) is 0.135. The number of anilines is 2. The molecule has 1 aliphatic heterocycles. The first kappa shape index (κ1) is 35.2. The van der Waals surface area contributed by atoms with Crippen molar-refractivity contribution in [2.75, 3.05) is 10.2 Å². The van der Waals surface area contributed by atoms with E-state index in [1.54, 1.807) is 18.2 Å². The topological polar surface area (TPSA) is 110 Å². The third-order valence-corrected chi connectivity index (χ3v) is 10.6. The van der Waals surface area contributed by atoms with E-state index in [1.807, 2.05) is 74.2 Å². The van der Waals surface area contributed by atoms with Crippen LogP contribution in [0.5, 0.6) is 0 Å². The summed E-state index contributed by atoms with van der Waals surface area (Å²) >= 11 is 0. The van der Waals surface area contributed by atoms with E-state index in [-0.39, 0.29) is 24.3 Å². The minimum Gasteiger partial charge on any atom is -0.457 e. The van der Waals surface area contributed by atoms with Gasteiger partial charge in [0.1, 0.15) is 23.5 Å². The van der Waals surface area contributed by atoms with E-state index in [0.717, 1.165) is 53.5 Å². The second kappa shape index (κ2) is 14.4. The molecule has 270 valence electrons. The van der Waals surface area contributed by atoms with Crippen molar-refractivity contribution in [3.05, 3.63) is 101 Å². The molecule has 9 nitrogen and oxygen atoms in total. The van der Waals surface area contributed by atoms with Gasteiger partial charge in [-0.3, -0.25) is 19.3 Å². The number of hydrogen-bond donors (Lipinski definition) is 2. The Morgan fingerprint density at radius 1 is 0.904 bits per heavy atom. The van der Waals surface area contributed by atoms with Crippen LogP contribution in [0.15, 0.2) is 78.9 Å². The summed E-state index contributed by atoms with van der Waals surface area (Å²) in [5.74, 6) is 0.403. The summed E-state index contributed by atoms with van der Waals surface area (Å²) in [5, 5.41) is 7.26. The Kier molecular flexibility index (Phi) is 9.79. The van der Waals surface area contributed by atoms with Crippen LogP contribution in [0.1, 0.15) is 112 Å². The van der Waals surface area contributed by atoms with Gasteiger partial charge in [-0.1, -0.05) is 80.6 Å². The highest BCUT2D eigenvalue weighted by Crippen LogP contribution is 2.46. The van der Waals surface area contributed by atoms with Crippen molar-refractivity contribution in [1.82, 2.24) is 9.88 Å². The van der Waals surface area contributed by atoms with E-state index < -0.39 is 17.1 Å². The maximum absolute atomic E-state index is 14.0. The maximum Gasteiger partial charge on any atom is 0.331 e. The summed E-state index contributed by atoms with van der Waals surface area (Å²) in [4.78, 5) is 55.4. The van der Waals surface area contributed by atoms with Crippen molar-refractivity contribution in [3.63, 3.8) is 0 Å². The van der Waals surface area contributed by atoms with Crippen LogP contribution in [0.3, 0.4) is 0 Å².